The molecular weight excluding hydrogens is 406 g/mol. The zero-order valence-electron chi connectivity index (χ0n) is 18.2. The van der Waals surface area contributed by atoms with Crippen molar-refractivity contribution in [2.75, 3.05) is 31.7 Å². The van der Waals surface area contributed by atoms with E-state index >= 15 is 0 Å². The second-order valence-corrected chi connectivity index (χ2v) is 8.83. The van der Waals surface area contributed by atoms with E-state index in [0.717, 1.165) is 43.6 Å². The van der Waals surface area contributed by atoms with Gasteiger partial charge in [0.25, 0.3) is 0 Å². The van der Waals surface area contributed by atoms with E-state index in [9.17, 15) is 4.79 Å². The van der Waals surface area contributed by atoms with Crippen molar-refractivity contribution in [1.82, 2.24) is 14.9 Å². The number of methoxy groups -OCH3 is 1. The van der Waals surface area contributed by atoms with Crippen molar-refractivity contribution in [3.05, 3.63) is 47.9 Å². The maximum Gasteiger partial charge on any atom is 0.248 e. The molecule has 0 N–H and O–H groups in total. The summed E-state index contributed by atoms with van der Waals surface area (Å²) in [5.41, 5.74) is 0.965. The highest BCUT2D eigenvalue weighted by Crippen LogP contribution is 2.44. The third kappa shape index (κ3) is 3.67. The van der Waals surface area contributed by atoms with E-state index in [1.54, 1.807) is 25.6 Å². The molecular formula is C24H27N5O3. The van der Waals surface area contributed by atoms with Crippen molar-refractivity contribution < 1.29 is 14.3 Å². The molecule has 2 aromatic heterocycles. The number of hydrogen-bond acceptors (Lipinski definition) is 7. The first kappa shape index (κ1) is 20.7. The molecule has 2 aliphatic heterocycles. The minimum Gasteiger partial charge on any atom is -0.495 e. The number of nitrogens with zero attached hydrogens (tertiary/aromatic N) is 5. The van der Waals surface area contributed by atoms with Crippen LogP contribution >= 0.6 is 0 Å². The molecule has 2 aromatic rings. The molecule has 0 aromatic carbocycles. The van der Waals surface area contributed by atoms with Crippen molar-refractivity contribution in [2.45, 2.75) is 49.8 Å². The van der Waals surface area contributed by atoms with Crippen molar-refractivity contribution in [1.29, 1.82) is 5.26 Å². The molecule has 3 fully saturated rings. The summed E-state index contributed by atoms with van der Waals surface area (Å²) in [6.45, 7) is 1.42. The molecule has 0 spiro atoms. The molecule has 2 bridgehead atoms. The fourth-order valence-corrected chi connectivity index (χ4v) is 5.12. The molecule has 2 atom stereocenters. The lowest BCUT2D eigenvalue weighted by Crippen LogP contribution is -2.56. The van der Waals surface area contributed by atoms with Crippen LogP contribution in [0.5, 0.6) is 5.75 Å². The van der Waals surface area contributed by atoms with E-state index < -0.39 is 5.60 Å². The number of fused-ring (bicyclic) bond motifs is 2. The van der Waals surface area contributed by atoms with E-state index in [0.29, 0.717) is 24.4 Å². The Balaban J connectivity index is 1.22. The first-order chi connectivity index (χ1) is 15.6. The molecule has 1 saturated carbocycles. The highest BCUT2D eigenvalue weighted by atomic mass is 16.5. The Kier molecular flexibility index (Phi) is 5.43. The van der Waals surface area contributed by atoms with Crippen LogP contribution in [0.25, 0.3) is 0 Å². The van der Waals surface area contributed by atoms with E-state index in [2.05, 4.69) is 20.9 Å². The fraction of sp³-hybridized carbons (Fsp3) is 0.500. The SMILES string of the molecule is COc1ccc(C2(OCC(=O)N3CC4CCC(C3)N4c3ccc(C#N)cn3)CCC2)nc1. The summed E-state index contributed by atoms with van der Waals surface area (Å²) in [5.74, 6) is 1.64. The standard InChI is InChI=1S/C24H27N5O3/c1-31-20-6-7-21(26-13-20)24(9-2-10-24)32-16-23(30)28-14-18-4-5-19(15-28)29(18)22-8-3-17(11-25)12-27-22/h3,6-8,12-13,18-19H,2,4-5,9-10,14-16H2,1H3. The molecule has 0 radical (unpaired) electrons. The molecule has 166 valence electrons. The summed E-state index contributed by atoms with van der Waals surface area (Å²) >= 11 is 0. The number of pyridine rings is 2. The van der Waals surface area contributed by atoms with Crippen LogP contribution in [0.1, 0.15) is 43.4 Å². The number of likely N-dealkylation sites (tertiary alicyclic amines) is 1. The van der Waals surface area contributed by atoms with Gasteiger partial charge in [0.05, 0.1) is 24.6 Å². The molecule has 8 nitrogen and oxygen atoms in total. The van der Waals surface area contributed by atoms with Crippen LogP contribution in [-0.2, 0) is 15.1 Å². The number of nitriles is 1. The minimum absolute atomic E-state index is 0.0362. The van der Waals surface area contributed by atoms with Crippen LogP contribution in [0.15, 0.2) is 36.7 Å². The number of aromatic nitrogens is 2. The number of hydrogen-bond donors (Lipinski definition) is 0. The Hall–Kier alpha value is -3.18. The van der Waals surface area contributed by atoms with E-state index in [4.69, 9.17) is 14.7 Å². The van der Waals surface area contributed by atoms with E-state index in [1.807, 2.05) is 23.1 Å². The maximum absolute atomic E-state index is 13.1. The van der Waals surface area contributed by atoms with Crippen LogP contribution < -0.4 is 9.64 Å². The highest BCUT2D eigenvalue weighted by molar-refractivity contribution is 5.78. The quantitative estimate of drug-likeness (QED) is 0.691. The minimum atomic E-state index is -0.463. The zero-order chi connectivity index (χ0) is 22.1. The Morgan fingerprint density at radius 1 is 1.16 bits per heavy atom. The lowest BCUT2D eigenvalue weighted by atomic mass is 9.77. The van der Waals surface area contributed by atoms with Crippen molar-refractivity contribution in [3.63, 3.8) is 0 Å². The van der Waals surface area contributed by atoms with Crippen LogP contribution in [0.4, 0.5) is 5.82 Å². The third-order valence-electron chi connectivity index (χ3n) is 7.05. The van der Waals surface area contributed by atoms with Crippen LogP contribution in [0.2, 0.25) is 0 Å². The molecule has 4 heterocycles. The molecule has 1 amide bonds. The third-order valence-corrected chi connectivity index (χ3v) is 7.05. The predicted molar refractivity (Wildman–Crippen MR) is 117 cm³/mol. The average molecular weight is 434 g/mol. The number of carbonyl (C=O) groups is 1. The first-order valence-corrected chi connectivity index (χ1v) is 11.2. The van der Waals surface area contributed by atoms with Gasteiger partial charge in [-0.3, -0.25) is 9.78 Å². The summed E-state index contributed by atoms with van der Waals surface area (Å²) in [7, 11) is 1.62. The fourth-order valence-electron chi connectivity index (χ4n) is 5.12. The van der Waals surface area contributed by atoms with Crippen molar-refractivity contribution in [2.24, 2.45) is 0 Å². The second-order valence-electron chi connectivity index (χ2n) is 8.83. The lowest BCUT2D eigenvalue weighted by molar-refractivity contribution is -0.155. The summed E-state index contributed by atoms with van der Waals surface area (Å²) in [4.78, 5) is 26.3. The molecule has 5 rings (SSSR count). The molecule has 32 heavy (non-hydrogen) atoms. The Morgan fingerprint density at radius 3 is 2.47 bits per heavy atom. The van der Waals surface area contributed by atoms with Gasteiger partial charge in [0.2, 0.25) is 5.91 Å². The summed E-state index contributed by atoms with van der Waals surface area (Å²) in [6.07, 6.45) is 8.22. The van der Waals surface area contributed by atoms with Gasteiger partial charge < -0.3 is 19.3 Å². The topological polar surface area (TPSA) is 91.6 Å². The summed E-state index contributed by atoms with van der Waals surface area (Å²) in [6, 6.07) is 10.2. The predicted octanol–water partition coefficient (Wildman–Crippen LogP) is 2.63. The molecule has 8 heteroatoms. The molecule has 2 saturated heterocycles. The van der Waals surface area contributed by atoms with Crippen molar-refractivity contribution in [3.8, 4) is 11.8 Å². The first-order valence-electron chi connectivity index (χ1n) is 11.2. The van der Waals surface area contributed by atoms with Crippen molar-refractivity contribution >= 4 is 11.7 Å². The Morgan fingerprint density at radius 2 is 1.94 bits per heavy atom. The van der Waals surface area contributed by atoms with Gasteiger partial charge in [0.1, 0.15) is 29.8 Å². The molecule has 3 aliphatic rings. The number of ether oxygens (including phenoxy) is 2. The van der Waals surface area contributed by atoms with Gasteiger partial charge in [-0.15, -0.1) is 0 Å². The normalized spacial score (nSPS) is 23.4. The van der Waals surface area contributed by atoms with Crippen LogP contribution in [-0.4, -0.2) is 59.7 Å². The van der Waals surface area contributed by atoms with Gasteiger partial charge in [-0.1, -0.05) is 0 Å². The molecule has 2 unspecified atom stereocenters. The van der Waals surface area contributed by atoms with Gasteiger partial charge in [0.15, 0.2) is 0 Å². The maximum atomic E-state index is 13.1. The zero-order valence-corrected chi connectivity index (χ0v) is 18.2. The van der Waals surface area contributed by atoms with Gasteiger partial charge in [-0.05, 0) is 56.4 Å². The number of rotatable bonds is 6. The van der Waals surface area contributed by atoms with E-state index in [-0.39, 0.29) is 24.6 Å². The number of amides is 1. The van der Waals surface area contributed by atoms with Crippen LogP contribution in [0, 0.1) is 11.3 Å². The lowest BCUT2D eigenvalue weighted by Gasteiger charge is -2.43. The smallest absolute Gasteiger partial charge is 0.248 e. The van der Waals surface area contributed by atoms with Gasteiger partial charge in [-0.25, -0.2) is 4.98 Å². The number of anilines is 1. The van der Waals surface area contributed by atoms with E-state index in [1.165, 1.54) is 0 Å². The average Bonchev–Trinajstić information content (AvgIpc) is 3.07. The number of carbonyl (C=O) groups excluding carboxylic acids is 1. The summed E-state index contributed by atoms with van der Waals surface area (Å²) < 4.78 is 11.4. The van der Waals surface area contributed by atoms with Gasteiger partial charge in [0, 0.05) is 31.4 Å². The Bertz CT molecular complexity index is 999. The number of piperazine rings is 1. The van der Waals surface area contributed by atoms with Gasteiger partial charge in [-0.2, -0.15) is 5.26 Å². The Labute approximate surface area is 187 Å². The molecule has 1 aliphatic carbocycles. The monoisotopic (exact) mass is 433 g/mol. The van der Waals surface area contributed by atoms with Gasteiger partial charge >= 0.3 is 0 Å². The second kappa shape index (κ2) is 8.40. The largest absolute Gasteiger partial charge is 0.495 e. The summed E-state index contributed by atoms with van der Waals surface area (Å²) in [5, 5.41) is 9.01. The highest BCUT2D eigenvalue weighted by Gasteiger charge is 2.44. The van der Waals surface area contributed by atoms with Crippen LogP contribution in [0.3, 0.4) is 0 Å².